The third-order valence-electron chi connectivity index (χ3n) is 4.42. The summed E-state index contributed by atoms with van der Waals surface area (Å²) in [6, 6.07) is 13.4. The molecule has 0 amide bonds. The number of para-hydroxylation sites is 1. The lowest BCUT2D eigenvalue weighted by Gasteiger charge is -2.17. The number of carbonyl (C=O) groups is 1. The molecule has 0 bridgehead atoms. The number of nitrogens with zero attached hydrogens (tertiary/aromatic N) is 1. The molecule has 4 rings (SSSR count). The number of nitrogens with one attached hydrogen (secondary N) is 1. The van der Waals surface area contributed by atoms with Crippen molar-refractivity contribution in [1.82, 2.24) is 4.98 Å². The Bertz CT molecular complexity index is 1020. The Kier molecular flexibility index (Phi) is 3.88. The Morgan fingerprint density at radius 1 is 1.12 bits per heavy atom. The number of fused-ring (bicyclic) bond motifs is 2. The highest BCUT2D eigenvalue weighted by molar-refractivity contribution is 5.99. The van der Waals surface area contributed by atoms with Crippen LogP contribution in [0.4, 0.5) is 5.69 Å². The van der Waals surface area contributed by atoms with Crippen molar-refractivity contribution in [2.75, 3.05) is 19.5 Å². The minimum Gasteiger partial charge on any atom is -0.493 e. The molecule has 3 aromatic rings. The third kappa shape index (κ3) is 2.50. The first-order chi connectivity index (χ1) is 12.6. The van der Waals surface area contributed by atoms with Gasteiger partial charge in [0.25, 0.3) is 0 Å². The number of benzene rings is 2. The number of cyclic esters (lactones) is 1. The molecule has 2 aromatic carbocycles. The molecule has 2 heterocycles. The monoisotopic (exact) mass is 350 g/mol. The van der Waals surface area contributed by atoms with Gasteiger partial charge in [0.2, 0.25) is 6.23 Å². The van der Waals surface area contributed by atoms with Crippen LogP contribution in [0.25, 0.3) is 10.9 Å². The van der Waals surface area contributed by atoms with Crippen molar-refractivity contribution in [1.29, 1.82) is 0 Å². The number of carbonyl (C=O) groups excluding carboxylic acids is 1. The molecule has 6 heteroatoms. The van der Waals surface area contributed by atoms with Crippen LogP contribution >= 0.6 is 0 Å². The number of aromatic nitrogens is 1. The lowest BCUT2D eigenvalue weighted by atomic mass is 10.1. The van der Waals surface area contributed by atoms with Crippen molar-refractivity contribution >= 4 is 22.6 Å². The average molecular weight is 350 g/mol. The highest BCUT2D eigenvalue weighted by Crippen LogP contribution is 2.42. The fraction of sp³-hybridized carbons (Fsp3) is 0.200. The average Bonchev–Trinajstić information content (AvgIpc) is 2.96. The number of pyridine rings is 1. The summed E-state index contributed by atoms with van der Waals surface area (Å²) in [5.41, 5.74) is 3.72. The highest BCUT2D eigenvalue weighted by Gasteiger charge is 2.36. The number of methoxy groups -OCH3 is 2. The Hall–Kier alpha value is -3.28. The molecular formula is C20H18N2O4. The predicted octanol–water partition coefficient (Wildman–Crippen LogP) is 3.84. The van der Waals surface area contributed by atoms with Crippen molar-refractivity contribution in [3.63, 3.8) is 0 Å². The Balaban J connectivity index is 1.78. The van der Waals surface area contributed by atoms with Crippen LogP contribution < -0.4 is 14.8 Å². The molecule has 132 valence electrons. The Morgan fingerprint density at radius 2 is 1.92 bits per heavy atom. The molecule has 0 saturated carbocycles. The van der Waals surface area contributed by atoms with Gasteiger partial charge in [-0.1, -0.05) is 18.2 Å². The van der Waals surface area contributed by atoms with Gasteiger partial charge in [0, 0.05) is 22.3 Å². The van der Waals surface area contributed by atoms with Crippen molar-refractivity contribution in [3.05, 3.63) is 59.3 Å². The van der Waals surface area contributed by atoms with E-state index in [0.29, 0.717) is 22.6 Å². The fourth-order valence-corrected chi connectivity index (χ4v) is 3.28. The zero-order chi connectivity index (χ0) is 18.3. The largest absolute Gasteiger partial charge is 0.493 e. The first-order valence-electron chi connectivity index (χ1n) is 8.21. The van der Waals surface area contributed by atoms with Crippen LogP contribution in [-0.2, 0) is 4.74 Å². The first kappa shape index (κ1) is 16.2. The molecule has 26 heavy (non-hydrogen) atoms. The third-order valence-corrected chi connectivity index (χ3v) is 4.42. The van der Waals surface area contributed by atoms with Gasteiger partial charge in [-0.3, -0.25) is 4.98 Å². The molecule has 0 fully saturated rings. The van der Waals surface area contributed by atoms with E-state index < -0.39 is 12.2 Å². The smallest absolute Gasteiger partial charge is 0.344 e. The minimum atomic E-state index is -0.609. The second-order valence-corrected chi connectivity index (χ2v) is 6.02. The number of ether oxygens (including phenoxy) is 3. The number of esters is 1. The van der Waals surface area contributed by atoms with E-state index in [1.807, 2.05) is 43.3 Å². The van der Waals surface area contributed by atoms with Crippen LogP contribution in [0.5, 0.6) is 11.5 Å². The molecule has 1 aromatic heterocycles. The van der Waals surface area contributed by atoms with E-state index in [2.05, 4.69) is 10.3 Å². The van der Waals surface area contributed by atoms with Gasteiger partial charge in [-0.05, 0) is 31.2 Å². The van der Waals surface area contributed by atoms with Crippen molar-refractivity contribution in [2.45, 2.75) is 13.2 Å². The zero-order valence-corrected chi connectivity index (χ0v) is 14.7. The maximum Gasteiger partial charge on any atom is 0.344 e. The van der Waals surface area contributed by atoms with Gasteiger partial charge in [-0.15, -0.1) is 0 Å². The zero-order valence-electron chi connectivity index (χ0n) is 14.7. The minimum absolute atomic E-state index is 0.384. The van der Waals surface area contributed by atoms with Gasteiger partial charge in [-0.25, -0.2) is 4.79 Å². The molecule has 1 N–H and O–H groups in total. The van der Waals surface area contributed by atoms with Gasteiger partial charge in [0.1, 0.15) is 5.56 Å². The van der Waals surface area contributed by atoms with E-state index in [0.717, 1.165) is 22.3 Å². The molecular weight excluding hydrogens is 332 g/mol. The van der Waals surface area contributed by atoms with Crippen LogP contribution in [0.1, 0.15) is 27.8 Å². The van der Waals surface area contributed by atoms with E-state index in [1.165, 1.54) is 14.2 Å². The van der Waals surface area contributed by atoms with E-state index >= 15 is 0 Å². The summed E-state index contributed by atoms with van der Waals surface area (Å²) in [5.74, 6) is 0.437. The standard InChI is InChI=1S/C20H18N2O4/c1-11-10-15(12-6-4-5-7-14(12)21-11)22-19-13-8-9-16(24-2)18(25-3)17(13)20(23)26-19/h4-10,19H,1-3H3,(H,21,22)/t19-/m0/s1. The number of hydrogen-bond acceptors (Lipinski definition) is 6. The normalized spacial score (nSPS) is 15.5. The molecule has 1 aliphatic rings. The van der Waals surface area contributed by atoms with Gasteiger partial charge in [0.05, 0.1) is 19.7 Å². The summed E-state index contributed by atoms with van der Waals surface area (Å²) in [5, 5.41) is 4.28. The Morgan fingerprint density at radius 3 is 2.69 bits per heavy atom. The van der Waals surface area contributed by atoms with Gasteiger partial charge in [-0.2, -0.15) is 0 Å². The van der Waals surface area contributed by atoms with E-state index in [9.17, 15) is 4.79 Å². The topological polar surface area (TPSA) is 69.7 Å². The molecule has 0 spiro atoms. The maximum atomic E-state index is 12.4. The lowest BCUT2D eigenvalue weighted by Crippen LogP contribution is -2.11. The fourth-order valence-electron chi connectivity index (χ4n) is 3.28. The Labute approximate surface area is 150 Å². The van der Waals surface area contributed by atoms with E-state index in [4.69, 9.17) is 14.2 Å². The SMILES string of the molecule is COc1ccc2c(c1OC)C(=O)O[C@@H]2Nc1cc(C)nc2ccccc12. The molecule has 0 aliphatic carbocycles. The summed E-state index contributed by atoms with van der Waals surface area (Å²) < 4.78 is 16.2. The molecule has 0 saturated heterocycles. The van der Waals surface area contributed by atoms with Crippen molar-refractivity contribution in [2.24, 2.45) is 0 Å². The maximum absolute atomic E-state index is 12.4. The van der Waals surface area contributed by atoms with E-state index in [1.54, 1.807) is 6.07 Å². The number of rotatable bonds is 4. The molecule has 0 radical (unpaired) electrons. The molecule has 1 atom stereocenters. The predicted molar refractivity (Wildman–Crippen MR) is 97.8 cm³/mol. The van der Waals surface area contributed by atoms with Crippen LogP contribution in [0, 0.1) is 6.92 Å². The molecule has 6 nitrogen and oxygen atoms in total. The first-order valence-corrected chi connectivity index (χ1v) is 8.21. The second-order valence-electron chi connectivity index (χ2n) is 6.02. The quantitative estimate of drug-likeness (QED) is 0.721. The summed E-state index contributed by atoms with van der Waals surface area (Å²) in [6.07, 6.45) is -0.609. The highest BCUT2D eigenvalue weighted by atomic mass is 16.6. The van der Waals surface area contributed by atoms with Crippen LogP contribution in [0.2, 0.25) is 0 Å². The second kappa shape index (κ2) is 6.22. The number of anilines is 1. The lowest BCUT2D eigenvalue weighted by molar-refractivity contribution is 0.0435. The van der Waals surface area contributed by atoms with Gasteiger partial charge < -0.3 is 19.5 Å². The van der Waals surface area contributed by atoms with E-state index in [-0.39, 0.29) is 0 Å². The molecule has 1 aliphatic heterocycles. The molecule has 0 unspecified atom stereocenters. The van der Waals surface area contributed by atoms with Crippen LogP contribution in [0.3, 0.4) is 0 Å². The number of aryl methyl sites for hydroxylation is 1. The number of hydrogen-bond donors (Lipinski definition) is 1. The van der Waals surface area contributed by atoms with Gasteiger partial charge >= 0.3 is 5.97 Å². The van der Waals surface area contributed by atoms with Gasteiger partial charge in [0.15, 0.2) is 11.5 Å². The van der Waals surface area contributed by atoms with Crippen LogP contribution in [-0.4, -0.2) is 25.2 Å². The summed E-state index contributed by atoms with van der Waals surface area (Å²) in [4.78, 5) is 17.0. The van der Waals surface area contributed by atoms with Crippen molar-refractivity contribution < 1.29 is 19.0 Å². The summed E-state index contributed by atoms with van der Waals surface area (Å²) >= 11 is 0. The van der Waals surface area contributed by atoms with Crippen LogP contribution in [0.15, 0.2) is 42.5 Å². The van der Waals surface area contributed by atoms with Crippen molar-refractivity contribution in [3.8, 4) is 11.5 Å². The summed E-state index contributed by atoms with van der Waals surface area (Å²) in [7, 11) is 3.04. The summed E-state index contributed by atoms with van der Waals surface area (Å²) in [6.45, 7) is 1.93.